The Kier molecular flexibility index (Phi) is 4.66. The molecule has 0 radical (unpaired) electrons. The molecule has 0 bridgehead atoms. The zero-order chi connectivity index (χ0) is 17.2. The van der Waals surface area contributed by atoms with Crippen LogP contribution in [0.25, 0.3) is 0 Å². The van der Waals surface area contributed by atoms with E-state index in [1.54, 1.807) is 36.4 Å². The Morgan fingerprint density at radius 1 is 1.12 bits per heavy atom. The third-order valence-electron chi connectivity index (χ3n) is 3.98. The number of nitrogens with zero attached hydrogens (tertiary/aromatic N) is 1. The third-order valence-corrected chi connectivity index (χ3v) is 5.77. The van der Waals surface area contributed by atoms with Crippen molar-refractivity contribution in [3.8, 4) is 11.5 Å². The highest BCUT2D eigenvalue weighted by molar-refractivity contribution is 7.92. The monoisotopic (exact) mass is 347 g/mol. The molecule has 0 aliphatic carbocycles. The van der Waals surface area contributed by atoms with E-state index in [9.17, 15) is 8.42 Å². The van der Waals surface area contributed by atoms with Gasteiger partial charge < -0.3 is 9.47 Å². The molecular formula is C18H21NO4S. The normalized spacial score (nSPS) is 17.1. The Morgan fingerprint density at radius 3 is 2.50 bits per heavy atom. The molecule has 0 aromatic heterocycles. The number of hydrogen-bond acceptors (Lipinski definition) is 4. The van der Waals surface area contributed by atoms with Crippen LogP contribution in [0, 0.1) is 0 Å². The maximum atomic E-state index is 13.1. The Hall–Kier alpha value is -2.21. The van der Waals surface area contributed by atoms with Gasteiger partial charge in [-0.15, -0.1) is 0 Å². The van der Waals surface area contributed by atoms with Crippen LogP contribution in [0.5, 0.6) is 11.5 Å². The Labute approximate surface area is 142 Å². The SMILES string of the molecule is CCOc1ccc(S(=O)(=O)N2CC(CC)Oc3ccccc32)cc1. The van der Waals surface area contributed by atoms with Crippen molar-refractivity contribution in [1.29, 1.82) is 0 Å². The molecule has 1 unspecified atom stereocenters. The van der Waals surface area contributed by atoms with Crippen LogP contribution in [0.15, 0.2) is 53.4 Å². The summed E-state index contributed by atoms with van der Waals surface area (Å²) in [5.41, 5.74) is 0.580. The second-order valence-electron chi connectivity index (χ2n) is 5.56. The summed E-state index contributed by atoms with van der Waals surface area (Å²) >= 11 is 0. The van der Waals surface area contributed by atoms with Crippen molar-refractivity contribution >= 4 is 15.7 Å². The van der Waals surface area contributed by atoms with Crippen molar-refractivity contribution in [1.82, 2.24) is 0 Å². The summed E-state index contributed by atoms with van der Waals surface area (Å²) in [6.45, 7) is 4.73. The summed E-state index contributed by atoms with van der Waals surface area (Å²) in [6.07, 6.45) is 0.585. The van der Waals surface area contributed by atoms with E-state index in [0.717, 1.165) is 6.42 Å². The average molecular weight is 347 g/mol. The molecule has 128 valence electrons. The second kappa shape index (κ2) is 6.73. The van der Waals surface area contributed by atoms with Gasteiger partial charge in [0, 0.05) is 0 Å². The molecule has 0 saturated carbocycles. The van der Waals surface area contributed by atoms with E-state index in [4.69, 9.17) is 9.47 Å². The summed E-state index contributed by atoms with van der Waals surface area (Å²) in [7, 11) is -3.65. The second-order valence-corrected chi connectivity index (χ2v) is 7.42. The summed E-state index contributed by atoms with van der Waals surface area (Å²) in [5, 5.41) is 0. The molecule has 6 heteroatoms. The van der Waals surface area contributed by atoms with Gasteiger partial charge in [-0.3, -0.25) is 4.31 Å². The summed E-state index contributed by atoms with van der Waals surface area (Å²) in [6, 6.07) is 13.8. The fraction of sp³-hybridized carbons (Fsp3) is 0.333. The molecule has 0 N–H and O–H groups in total. The van der Waals surface area contributed by atoms with Crippen molar-refractivity contribution < 1.29 is 17.9 Å². The lowest BCUT2D eigenvalue weighted by Crippen LogP contribution is -2.43. The van der Waals surface area contributed by atoms with E-state index < -0.39 is 10.0 Å². The lowest BCUT2D eigenvalue weighted by molar-refractivity contribution is 0.196. The highest BCUT2D eigenvalue weighted by Gasteiger charge is 2.33. The summed E-state index contributed by atoms with van der Waals surface area (Å²) < 4.78 is 38.9. The topological polar surface area (TPSA) is 55.8 Å². The number of benzene rings is 2. The molecule has 0 fully saturated rings. The van der Waals surface area contributed by atoms with Gasteiger partial charge in [0.2, 0.25) is 0 Å². The van der Waals surface area contributed by atoms with Crippen LogP contribution in [-0.2, 0) is 10.0 Å². The van der Waals surface area contributed by atoms with E-state index in [2.05, 4.69) is 0 Å². The minimum atomic E-state index is -3.65. The standard InChI is InChI=1S/C18H21NO4S/c1-3-14-13-19(17-7-5-6-8-18(17)23-14)24(20,21)16-11-9-15(10-12-16)22-4-2/h5-12,14H,3-4,13H2,1-2H3. The summed E-state index contributed by atoms with van der Waals surface area (Å²) in [5.74, 6) is 1.26. The van der Waals surface area contributed by atoms with Crippen molar-refractivity contribution in [2.45, 2.75) is 31.3 Å². The van der Waals surface area contributed by atoms with Gasteiger partial charge in [0.15, 0.2) is 0 Å². The Bertz CT molecular complexity index is 802. The lowest BCUT2D eigenvalue weighted by Gasteiger charge is -2.35. The molecule has 1 heterocycles. The zero-order valence-corrected chi connectivity index (χ0v) is 14.6. The smallest absolute Gasteiger partial charge is 0.264 e. The Morgan fingerprint density at radius 2 is 1.83 bits per heavy atom. The number of sulfonamides is 1. The molecule has 2 aromatic carbocycles. The van der Waals surface area contributed by atoms with Crippen LogP contribution in [0.2, 0.25) is 0 Å². The highest BCUT2D eigenvalue weighted by Crippen LogP contribution is 2.37. The number of anilines is 1. The number of para-hydroxylation sites is 2. The molecule has 1 atom stereocenters. The minimum Gasteiger partial charge on any atom is -0.494 e. The van der Waals surface area contributed by atoms with Gasteiger partial charge in [-0.05, 0) is 49.7 Å². The van der Waals surface area contributed by atoms with Gasteiger partial charge >= 0.3 is 0 Å². The first kappa shape index (κ1) is 16.6. The van der Waals surface area contributed by atoms with Crippen molar-refractivity contribution in [2.75, 3.05) is 17.5 Å². The van der Waals surface area contributed by atoms with Gasteiger partial charge in [-0.1, -0.05) is 19.1 Å². The quantitative estimate of drug-likeness (QED) is 0.831. The van der Waals surface area contributed by atoms with Gasteiger partial charge in [0.1, 0.15) is 17.6 Å². The predicted molar refractivity (Wildman–Crippen MR) is 93.3 cm³/mol. The van der Waals surface area contributed by atoms with Crippen LogP contribution >= 0.6 is 0 Å². The molecular weight excluding hydrogens is 326 g/mol. The van der Waals surface area contributed by atoms with E-state index in [0.29, 0.717) is 30.3 Å². The maximum absolute atomic E-state index is 13.1. The first-order valence-electron chi connectivity index (χ1n) is 8.07. The molecule has 24 heavy (non-hydrogen) atoms. The van der Waals surface area contributed by atoms with Crippen LogP contribution < -0.4 is 13.8 Å². The molecule has 0 spiro atoms. The lowest BCUT2D eigenvalue weighted by atomic mass is 10.2. The molecule has 0 saturated heterocycles. The number of hydrogen-bond donors (Lipinski definition) is 0. The van der Waals surface area contributed by atoms with Crippen LogP contribution in [-0.4, -0.2) is 27.7 Å². The molecule has 2 aromatic rings. The largest absolute Gasteiger partial charge is 0.494 e. The molecule has 1 aliphatic rings. The molecule has 1 aliphatic heterocycles. The van der Waals surface area contributed by atoms with Crippen LogP contribution in [0.1, 0.15) is 20.3 Å². The van der Waals surface area contributed by atoms with E-state index >= 15 is 0 Å². The first-order valence-corrected chi connectivity index (χ1v) is 9.51. The van der Waals surface area contributed by atoms with E-state index in [1.165, 1.54) is 4.31 Å². The molecule has 0 amide bonds. The fourth-order valence-electron chi connectivity index (χ4n) is 2.70. The average Bonchev–Trinajstić information content (AvgIpc) is 2.61. The fourth-order valence-corrected chi connectivity index (χ4v) is 4.21. The van der Waals surface area contributed by atoms with Gasteiger partial charge in [0.05, 0.1) is 23.7 Å². The van der Waals surface area contributed by atoms with Gasteiger partial charge in [0.25, 0.3) is 10.0 Å². The van der Waals surface area contributed by atoms with E-state index in [1.807, 2.05) is 26.0 Å². The summed E-state index contributed by atoms with van der Waals surface area (Å²) in [4.78, 5) is 0.248. The van der Waals surface area contributed by atoms with Gasteiger partial charge in [-0.25, -0.2) is 8.42 Å². The minimum absolute atomic E-state index is 0.155. The Balaban J connectivity index is 1.99. The predicted octanol–water partition coefficient (Wildman–Crippen LogP) is 3.45. The third kappa shape index (κ3) is 3.06. The first-order chi connectivity index (χ1) is 11.6. The van der Waals surface area contributed by atoms with Crippen LogP contribution in [0.3, 0.4) is 0 Å². The molecule has 5 nitrogen and oxygen atoms in total. The molecule has 3 rings (SSSR count). The van der Waals surface area contributed by atoms with E-state index in [-0.39, 0.29) is 11.0 Å². The maximum Gasteiger partial charge on any atom is 0.264 e. The van der Waals surface area contributed by atoms with Crippen molar-refractivity contribution in [2.24, 2.45) is 0 Å². The highest BCUT2D eigenvalue weighted by atomic mass is 32.2. The van der Waals surface area contributed by atoms with Gasteiger partial charge in [-0.2, -0.15) is 0 Å². The van der Waals surface area contributed by atoms with Crippen molar-refractivity contribution in [3.63, 3.8) is 0 Å². The zero-order valence-electron chi connectivity index (χ0n) is 13.8. The number of fused-ring (bicyclic) bond motifs is 1. The van der Waals surface area contributed by atoms with Crippen LogP contribution in [0.4, 0.5) is 5.69 Å². The number of ether oxygens (including phenoxy) is 2. The van der Waals surface area contributed by atoms with Crippen molar-refractivity contribution in [3.05, 3.63) is 48.5 Å². The number of rotatable bonds is 5.